The Morgan fingerprint density at radius 1 is 0.968 bits per heavy atom. The molecule has 0 radical (unpaired) electrons. The van der Waals surface area contributed by atoms with Gasteiger partial charge in [0.05, 0.1) is 11.3 Å². The van der Waals surface area contributed by atoms with E-state index in [9.17, 15) is 14.4 Å². The highest BCUT2D eigenvalue weighted by Gasteiger charge is 2.42. The first-order chi connectivity index (χ1) is 14.8. The maximum absolute atomic E-state index is 13.5. The second-order valence-electron chi connectivity index (χ2n) is 8.07. The van der Waals surface area contributed by atoms with Crippen LogP contribution in [0.4, 0.5) is 11.4 Å². The summed E-state index contributed by atoms with van der Waals surface area (Å²) in [7, 11) is 0. The molecule has 1 N–H and O–H groups in total. The van der Waals surface area contributed by atoms with Crippen LogP contribution in [0.15, 0.2) is 54.2 Å². The molecule has 0 saturated carbocycles. The van der Waals surface area contributed by atoms with E-state index in [4.69, 9.17) is 11.6 Å². The Morgan fingerprint density at radius 3 is 2.16 bits per heavy atom. The number of piperidine rings is 1. The van der Waals surface area contributed by atoms with Gasteiger partial charge in [0.25, 0.3) is 11.8 Å². The third-order valence-electron chi connectivity index (χ3n) is 5.74. The molecule has 0 bridgehead atoms. The highest BCUT2D eigenvalue weighted by atomic mass is 35.5. The molecule has 2 aromatic carbocycles. The van der Waals surface area contributed by atoms with E-state index in [1.165, 1.54) is 11.8 Å². The summed E-state index contributed by atoms with van der Waals surface area (Å²) < 4.78 is 0. The zero-order valence-electron chi connectivity index (χ0n) is 17.5. The number of carbonyl (C=O) groups excluding carboxylic acids is 3. The highest BCUT2D eigenvalue weighted by Crippen LogP contribution is 2.37. The fraction of sp³-hybridized carbons (Fsp3) is 0.292. The minimum atomic E-state index is -0.353. The van der Waals surface area contributed by atoms with Crippen molar-refractivity contribution >= 4 is 46.3 Å². The molecule has 0 unspecified atom stereocenters. The summed E-state index contributed by atoms with van der Waals surface area (Å²) in [6, 6.07) is 13.7. The summed E-state index contributed by atoms with van der Waals surface area (Å²) in [5, 5.41) is 3.26. The number of likely N-dealkylation sites (tertiary alicyclic amines) is 1. The maximum atomic E-state index is 13.5. The largest absolute Gasteiger partial charge is 0.366 e. The molecule has 6 nitrogen and oxygen atoms in total. The predicted octanol–water partition coefficient (Wildman–Crippen LogP) is 4.31. The molecule has 1 saturated heterocycles. The quantitative estimate of drug-likeness (QED) is 0.723. The Bertz CT molecular complexity index is 1050. The van der Waals surface area contributed by atoms with Crippen LogP contribution in [0, 0.1) is 5.92 Å². The molecule has 4 rings (SSSR count). The lowest BCUT2D eigenvalue weighted by Crippen LogP contribution is -2.38. The number of hydrogen-bond donors (Lipinski definition) is 1. The van der Waals surface area contributed by atoms with Crippen molar-refractivity contribution in [2.75, 3.05) is 23.3 Å². The fourth-order valence-corrected chi connectivity index (χ4v) is 4.18. The van der Waals surface area contributed by atoms with Gasteiger partial charge < -0.3 is 10.2 Å². The van der Waals surface area contributed by atoms with E-state index in [1.54, 1.807) is 48.5 Å². The SMILES string of the molecule is CC(=O)Nc1ccc(N2C(=O)C(c3ccc(Cl)cc3)=C(N3CCC(C)CC3)C2=O)cc1. The van der Waals surface area contributed by atoms with Gasteiger partial charge in [0, 0.05) is 30.7 Å². The molecule has 2 heterocycles. The minimum Gasteiger partial charge on any atom is -0.366 e. The Kier molecular flexibility index (Phi) is 5.83. The van der Waals surface area contributed by atoms with Crippen LogP contribution in [0.5, 0.6) is 0 Å². The zero-order valence-corrected chi connectivity index (χ0v) is 18.3. The Hall–Kier alpha value is -3.12. The lowest BCUT2D eigenvalue weighted by molar-refractivity contribution is -0.121. The van der Waals surface area contributed by atoms with Crippen LogP contribution in [-0.2, 0) is 14.4 Å². The molecule has 0 aliphatic carbocycles. The van der Waals surface area contributed by atoms with Gasteiger partial charge >= 0.3 is 0 Å². The number of nitrogens with one attached hydrogen (secondary N) is 1. The molecule has 1 fully saturated rings. The van der Waals surface area contributed by atoms with Crippen LogP contribution in [0.25, 0.3) is 5.57 Å². The van der Waals surface area contributed by atoms with Crippen LogP contribution in [0.1, 0.15) is 32.3 Å². The van der Waals surface area contributed by atoms with Gasteiger partial charge in [-0.15, -0.1) is 0 Å². The monoisotopic (exact) mass is 437 g/mol. The number of rotatable bonds is 4. The average molecular weight is 438 g/mol. The summed E-state index contributed by atoms with van der Waals surface area (Å²) >= 11 is 6.04. The van der Waals surface area contributed by atoms with E-state index < -0.39 is 0 Å². The standard InChI is InChI=1S/C24H24ClN3O3/c1-15-11-13-27(14-12-15)22-21(17-3-5-18(25)6-4-17)23(30)28(24(22)31)20-9-7-19(8-10-20)26-16(2)29/h3-10,15H,11-14H2,1-2H3,(H,26,29). The predicted molar refractivity (Wildman–Crippen MR) is 122 cm³/mol. The lowest BCUT2D eigenvalue weighted by Gasteiger charge is -2.32. The van der Waals surface area contributed by atoms with Crippen LogP contribution >= 0.6 is 11.6 Å². The van der Waals surface area contributed by atoms with Gasteiger partial charge in [0.1, 0.15) is 5.70 Å². The fourth-order valence-electron chi connectivity index (χ4n) is 4.05. The Labute approximate surface area is 186 Å². The van der Waals surface area contributed by atoms with Crippen LogP contribution in [0.3, 0.4) is 0 Å². The molecule has 160 valence electrons. The van der Waals surface area contributed by atoms with Crippen molar-refractivity contribution < 1.29 is 14.4 Å². The molecule has 0 spiro atoms. The zero-order chi connectivity index (χ0) is 22.1. The molecular weight excluding hydrogens is 414 g/mol. The second kappa shape index (κ2) is 8.55. The number of hydrogen-bond acceptors (Lipinski definition) is 4. The highest BCUT2D eigenvalue weighted by molar-refractivity contribution is 6.45. The first-order valence-electron chi connectivity index (χ1n) is 10.4. The van der Waals surface area contributed by atoms with Crippen molar-refractivity contribution in [1.29, 1.82) is 0 Å². The molecule has 2 aliphatic heterocycles. The number of amides is 3. The number of imide groups is 1. The maximum Gasteiger partial charge on any atom is 0.282 e. The number of carbonyl (C=O) groups is 3. The van der Waals surface area contributed by atoms with Gasteiger partial charge in [-0.3, -0.25) is 14.4 Å². The van der Waals surface area contributed by atoms with Gasteiger partial charge in [-0.05, 0) is 60.7 Å². The summed E-state index contributed by atoms with van der Waals surface area (Å²) in [4.78, 5) is 41.5. The molecule has 7 heteroatoms. The van der Waals surface area contributed by atoms with Crippen molar-refractivity contribution in [2.24, 2.45) is 5.92 Å². The van der Waals surface area contributed by atoms with Crippen LogP contribution < -0.4 is 10.2 Å². The van der Waals surface area contributed by atoms with E-state index >= 15 is 0 Å². The van der Waals surface area contributed by atoms with E-state index in [1.807, 2.05) is 4.90 Å². The van der Waals surface area contributed by atoms with Gasteiger partial charge in [-0.25, -0.2) is 4.90 Å². The molecule has 2 aliphatic rings. The molecular formula is C24H24ClN3O3. The average Bonchev–Trinajstić information content (AvgIpc) is 3.00. The first-order valence-corrected chi connectivity index (χ1v) is 10.7. The minimum absolute atomic E-state index is 0.186. The number of nitrogens with zero attached hydrogens (tertiary/aromatic N) is 2. The summed E-state index contributed by atoms with van der Waals surface area (Å²) in [6.07, 6.45) is 1.95. The van der Waals surface area contributed by atoms with Crippen LogP contribution in [-0.4, -0.2) is 35.7 Å². The molecule has 31 heavy (non-hydrogen) atoms. The summed E-state index contributed by atoms with van der Waals surface area (Å²) in [5.74, 6) is -0.264. The van der Waals surface area contributed by atoms with Crippen LogP contribution in [0.2, 0.25) is 5.02 Å². The van der Waals surface area contributed by atoms with Crippen molar-refractivity contribution in [3.63, 3.8) is 0 Å². The number of anilines is 2. The number of benzene rings is 2. The van der Waals surface area contributed by atoms with E-state index in [-0.39, 0.29) is 17.7 Å². The van der Waals surface area contributed by atoms with Crippen molar-refractivity contribution in [2.45, 2.75) is 26.7 Å². The van der Waals surface area contributed by atoms with Crippen molar-refractivity contribution in [1.82, 2.24) is 4.90 Å². The lowest BCUT2D eigenvalue weighted by atomic mass is 9.97. The first kappa shape index (κ1) is 21.1. The van der Waals surface area contributed by atoms with Gasteiger partial charge in [-0.1, -0.05) is 30.7 Å². The van der Waals surface area contributed by atoms with E-state index in [2.05, 4.69) is 12.2 Å². The molecule has 0 atom stereocenters. The molecule has 0 aromatic heterocycles. The molecule has 2 aromatic rings. The smallest absolute Gasteiger partial charge is 0.282 e. The van der Waals surface area contributed by atoms with Crippen molar-refractivity contribution in [3.05, 3.63) is 64.8 Å². The number of halogens is 1. The Balaban J connectivity index is 1.73. The third kappa shape index (κ3) is 4.21. The topological polar surface area (TPSA) is 69.7 Å². The van der Waals surface area contributed by atoms with Gasteiger partial charge in [0.15, 0.2) is 0 Å². The third-order valence-corrected chi connectivity index (χ3v) is 5.99. The van der Waals surface area contributed by atoms with E-state index in [0.717, 1.165) is 25.9 Å². The van der Waals surface area contributed by atoms with Gasteiger partial charge in [0.2, 0.25) is 5.91 Å². The molecule has 3 amide bonds. The summed E-state index contributed by atoms with van der Waals surface area (Å²) in [6.45, 7) is 5.11. The van der Waals surface area contributed by atoms with Crippen molar-refractivity contribution in [3.8, 4) is 0 Å². The van der Waals surface area contributed by atoms with E-state index in [0.29, 0.717) is 39.1 Å². The Morgan fingerprint density at radius 2 is 1.58 bits per heavy atom. The second-order valence-corrected chi connectivity index (χ2v) is 8.51. The normalized spacial score (nSPS) is 17.5. The van der Waals surface area contributed by atoms with Gasteiger partial charge in [-0.2, -0.15) is 0 Å². The summed E-state index contributed by atoms with van der Waals surface area (Å²) in [5.41, 5.74) is 2.60.